The van der Waals surface area contributed by atoms with E-state index in [9.17, 15) is 4.79 Å². The minimum atomic E-state index is 0.0929. The Morgan fingerprint density at radius 2 is 2.06 bits per heavy atom. The van der Waals surface area contributed by atoms with Crippen LogP contribution in [0.2, 0.25) is 0 Å². The lowest BCUT2D eigenvalue weighted by Gasteiger charge is -2.11. The highest BCUT2D eigenvalue weighted by molar-refractivity contribution is 5.92. The van der Waals surface area contributed by atoms with Crippen molar-refractivity contribution in [1.82, 2.24) is 0 Å². The van der Waals surface area contributed by atoms with Gasteiger partial charge in [0.1, 0.15) is 0 Å². The molecule has 2 atom stereocenters. The highest BCUT2D eigenvalue weighted by Crippen LogP contribution is 2.25. The van der Waals surface area contributed by atoms with Gasteiger partial charge in [-0.05, 0) is 43.4 Å². The molecule has 0 bridgehead atoms. The molecule has 1 amide bonds. The molecule has 1 aliphatic carbocycles. The maximum atomic E-state index is 12.0. The SMILES string of the molecule is CCCc1ccc(NC(=O)C2CCC(N)C2)cc1. The Kier molecular flexibility index (Phi) is 4.37. The minimum Gasteiger partial charge on any atom is -0.328 e. The van der Waals surface area contributed by atoms with E-state index in [1.165, 1.54) is 5.56 Å². The lowest BCUT2D eigenvalue weighted by atomic mass is 10.1. The molecule has 0 aromatic heterocycles. The first-order valence-electron chi connectivity index (χ1n) is 6.84. The molecule has 1 saturated carbocycles. The largest absolute Gasteiger partial charge is 0.328 e. The summed E-state index contributed by atoms with van der Waals surface area (Å²) in [6, 6.07) is 8.34. The number of rotatable bonds is 4. The second-order valence-corrected chi connectivity index (χ2v) is 5.21. The fraction of sp³-hybridized carbons (Fsp3) is 0.533. The zero-order chi connectivity index (χ0) is 13.0. The quantitative estimate of drug-likeness (QED) is 0.858. The number of anilines is 1. The molecule has 3 N–H and O–H groups in total. The van der Waals surface area contributed by atoms with Crippen molar-refractivity contribution in [3.8, 4) is 0 Å². The Morgan fingerprint density at radius 3 is 2.61 bits per heavy atom. The molecule has 3 heteroatoms. The smallest absolute Gasteiger partial charge is 0.227 e. The van der Waals surface area contributed by atoms with Crippen LogP contribution in [0.3, 0.4) is 0 Å². The standard InChI is InChI=1S/C15H22N2O/c1-2-3-11-4-8-14(9-5-11)17-15(18)12-6-7-13(16)10-12/h4-5,8-9,12-13H,2-3,6-7,10,16H2,1H3,(H,17,18). The number of benzene rings is 1. The lowest BCUT2D eigenvalue weighted by Crippen LogP contribution is -2.23. The van der Waals surface area contributed by atoms with Crippen LogP contribution in [-0.2, 0) is 11.2 Å². The lowest BCUT2D eigenvalue weighted by molar-refractivity contribution is -0.119. The number of amides is 1. The topological polar surface area (TPSA) is 55.1 Å². The molecule has 1 aliphatic rings. The van der Waals surface area contributed by atoms with Gasteiger partial charge in [-0.15, -0.1) is 0 Å². The second-order valence-electron chi connectivity index (χ2n) is 5.21. The Labute approximate surface area is 109 Å². The third kappa shape index (κ3) is 3.33. The van der Waals surface area contributed by atoms with Gasteiger partial charge in [-0.2, -0.15) is 0 Å². The predicted molar refractivity (Wildman–Crippen MR) is 74.4 cm³/mol. The van der Waals surface area contributed by atoms with Crippen LogP contribution in [0.5, 0.6) is 0 Å². The van der Waals surface area contributed by atoms with E-state index in [1.54, 1.807) is 0 Å². The zero-order valence-electron chi connectivity index (χ0n) is 11.0. The number of hydrogen-bond donors (Lipinski definition) is 2. The van der Waals surface area contributed by atoms with Crippen LogP contribution < -0.4 is 11.1 Å². The van der Waals surface area contributed by atoms with E-state index in [1.807, 2.05) is 12.1 Å². The molecular formula is C15H22N2O. The molecule has 18 heavy (non-hydrogen) atoms. The van der Waals surface area contributed by atoms with Crippen molar-refractivity contribution >= 4 is 11.6 Å². The first kappa shape index (κ1) is 13.1. The van der Waals surface area contributed by atoms with E-state index in [-0.39, 0.29) is 17.9 Å². The number of nitrogens with one attached hydrogen (secondary N) is 1. The summed E-state index contributed by atoms with van der Waals surface area (Å²) in [5.74, 6) is 0.210. The number of hydrogen-bond acceptors (Lipinski definition) is 2. The number of aryl methyl sites for hydroxylation is 1. The highest BCUT2D eigenvalue weighted by atomic mass is 16.1. The molecule has 2 unspecified atom stereocenters. The molecule has 0 heterocycles. The van der Waals surface area contributed by atoms with E-state index in [4.69, 9.17) is 5.73 Å². The molecule has 0 radical (unpaired) electrons. The van der Waals surface area contributed by atoms with Crippen molar-refractivity contribution in [2.45, 2.75) is 45.1 Å². The zero-order valence-corrected chi connectivity index (χ0v) is 11.0. The number of carbonyl (C=O) groups excluding carboxylic acids is 1. The Balaban J connectivity index is 1.90. The van der Waals surface area contributed by atoms with Gasteiger partial charge in [-0.3, -0.25) is 4.79 Å². The second kappa shape index (κ2) is 6.01. The Bertz CT molecular complexity index is 399. The molecule has 0 saturated heterocycles. The molecule has 2 rings (SSSR count). The average molecular weight is 246 g/mol. The molecule has 1 aromatic carbocycles. The van der Waals surface area contributed by atoms with Crippen molar-refractivity contribution in [1.29, 1.82) is 0 Å². The first-order chi connectivity index (χ1) is 8.69. The van der Waals surface area contributed by atoms with E-state index < -0.39 is 0 Å². The van der Waals surface area contributed by atoms with E-state index in [2.05, 4.69) is 24.4 Å². The van der Waals surface area contributed by atoms with Gasteiger partial charge < -0.3 is 11.1 Å². The third-order valence-corrected chi connectivity index (χ3v) is 3.60. The average Bonchev–Trinajstić information content (AvgIpc) is 2.79. The van der Waals surface area contributed by atoms with Crippen LogP contribution in [0.1, 0.15) is 38.2 Å². The Hall–Kier alpha value is -1.35. The van der Waals surface area contributed by atoms with E-state index in [0.717, 1.165) is 37.8 Å². The molecular weight excluding hydrogens is 224 g/mol. The summed E-state index contributed by atoms with van der Waals surface area (Å²) in [5, 5.41) is 2.98. The third-order valence-electron chi connectivity index (χ3n) is 3.60. The van der Waals surface area contributed by atoms with Gasteiger partial charge in [0.25, 0.3) is 0 Å². The molecule has 0 spiro atoms. The summed E-state index contributed by atoms with van der Waals surface area (Å²) in [6.07, 6.45) is 4.94. The van der Waals surface area contributed by atoms with Crippen molar-refractivity contribution in [2.75, 3.05) is 5.32 Å². The predicted octanol–water partition coefficient (Wildman–Crippen LogP) is 2.71. The van der Waals surface area contributed by atoms with Gasteiger partial charge in [0.2, 0.25) is 5.91 Å². The summed E-state index contributed by atoms with van der Waals surface area (Å²) in [7, 11) is 0. The number of carbonyl (C=O) groups is 1. The summed E-state index contributed by atoms with van der Waals surface area (Å²) < 4.78 is 0. The molecule has 1 fully saturated rings. The van der Waals surface area contributed by atoms with Crippen LogP contribution in [0, 0.1) is 5.92 Å². The minimum absolute atomic E-state index is 0.0929. The van der Waals surface area contributed by atoms with Gasteiger partial charge >= 0.3 is 0 Å². The van der Waals surface area contributed by atoms with Crippen molar-refractivity contribution in [3.63, 3.8) is 0 Å². The summed E-state index contributed by atoms with van der Waals surface area (Å²) in [5.41, 5.74) is 8.04. The number of nitrogens with two attached hydrogens (primary N) is 1. The van der Waals surface area contributed by atoms with E-state index >= 15 is 0 Å². The fourth-order valence-electron chi connectivity index (χ4n) is 2.54. The van der Waals surface area contributed by atoms with Gasteiger partial charge in [0.15, 0.2) is 0 Å². The fourth-order valence-corrected chi connectivity index (χ4v) is 2.54. The van der Waals surface area contributed by atoms with Crippen molar-refractivity contribution < 1.29 is 4.79 Å². The van der Waals surface area contributed by atoms with Crippen LogP contribution in [0.4, 0.5) is 5.69 Å². The summed E-state index contributed by atoms with van der Waals surface area (Å²) >= 11 is 0. The maximum absolute atomic E-state index is 12.0. The molecule has 3 nitrogen and oxygen atoms in total. The monoisotopic (exact) mass is 246 g/mol. The van der Waals surface area contributed by atoms with Crippen LogP contribution in [-0.4, -0.2) is 11.9 Å². The van der Waals surface area contributed by atoms with E-state index in [0.29, 0.717) is 0 Å². The molecule has 98 valence electrons. The highest BCUT2D eigenvalue weighted by Gasteiger charge is 2.27. The van der Waals surface area contributed by atoms with Crippen LogP contribution in [0.15, 0.2) is 24.3 Å². The summed E-state index contributed by atoms with van der Waals surface area (Å²) in [6.45, 7) is 2.17. The molecule has 0 aliphatic heterocycles. The first-order valence-corrected chi connectivity index (χ1v) is 6.84. The molecule has 1 aromatic rings. The van der Waals surface area contributed by atoms with Crippen LogP contribution in [0.25, 0.3) is 0 Å². The van der Waals surface area contributed by atoms with Crippen molar-refractivity contribution in [3.05, 3.63) is 29.8 Å². The summed E-state index contributed by atoms with van der Waals surface area (Å²) in [4.78, 5) is 12.0. The van der Waals surface area contributed by atoms with Gasteiger partial charge in [-0.25, -0.2) is 0 Å². The van der Waals surface area contributed by atoms with Gasteiger partial charge in [0.05, 0.1) is 0 Å². The Morgan fingerprint density at radius 1 is 1.33 bits per heavy atom. The van der Waals surface area contributed by atoms with Crippen LogP contribution >= 0.6 is 0 Å². The maximum Gasteiger partial charge on any atom is 0.227 e. The normalized spacial score (nSPS) is 23.0. The van der Waals surface area contributed by atoms with Gasteiger partial charge in [0, 0.05) is 17.6 Å². The van der Waals surface area contributed by atoms with Crippen molar-refractivity contribution in [2.24, 2.45) is 11.7 Å². The van der Waals surface area contributed by atoms with Gasteiger partial charge in [-0.1, -0.05) is 25.5 Å².